The summed E-state index contributed by atoms with van der Waals surface area (Å²) in [6.45, 7) is 0. The molecule has 16 heavy (non-hydrogen) atoms. The summed E-state index contributed by atoms with van der Waals surface area (Å²) in [6.07, 6.45) is -2.28. The molecule has 1 aromatic rings. The van der Waals surface area contributed by atoms with Crippen LogP contribution in [0.1, 0.15) is 0 Å². The molecule has 0 atom stereocenters. The predicted molar refractivity (Wildman–Crippen MR) is 53.1 cm³/mol. The number of carbonyl (C=O) groups is 1. The zero-order chi connectivity index (χ0) is 12.2. The minimum absolute atomic E-state index is 0.288. The second-order valence-electron chi connectivity index (χ2n) is 2.70. The number of alkyl halides is 3. The monoisotopic (exact) mass is 250 g/mol. The van der Waals surface area contributed by atoms with Crippen LogP contribution in [0.15, 0.2) is 30.6 Å². The van der Waals surface area contributed by atoms with Crippen molar-refractivity contribution in [3.8, 4) is 0 Å². The van der Waals surface area contributed by atoms with Crippen LogP contribution >= 0.6 is 11.6 Å². The first-order valence-corrected chi connectivity index (χ1v) is 4.43. The van der Waals surface area contributed by atoms with E-state index in [4.69, 9.17) is 11.6 Å². The summed E-state index contributed by atoms with van der Waals surface area (Å²) in [5, 5.41) is 2.81. The molecule has 0 amide bonds. The number of allylic oxidation sites excluding steroid dienone is 1. The molecule has 0 aliphatic carbocycles. The maximum Gasteiger partial charge on any atom is 0.454 e. The molecular formula is C9H6ClF3N2O. The normalized spacial score (nSPS) is 11.8. The molecule has 86 valence electrons. The molecule has 0 aliphatic heterocycles. The number of carbonyl (C=O) groups excluding carboxylic acids is 1. The van der Waals surface area contributed by atoms with E-state index in [1.165, 1.54) is 18.3 Å². The van der Waals surface area contributed by atoms with E-state index in [1.54, 1.807) is 0 Å². The van der Waals surface area contributed by atoms with Crippen molar-refractivity contribution in [2.24, 2.45) is 0 Å². The van der Waals surface area contributed by atoms with E-state index in [9.17, 15) is 18.0 Å². The van der Waals surface area contributed by atoms with Gasteiger partial charge in [-0.3, -0.25) is 4.79 Å². The fourth-order valence-electron chi connectivity index (χ4n) is 0.758. The Balaban J connectivity index is 2.55. The van der Waals surface area contributed by atoms with Crippen molar-refractivity contribution < 1.29 is 18.0 Å². The smallest absolute Gasteiger partial charge is 0.347 e. The van der Waals surface area contributed by atoms with Crippen molar-refractivity contribution in [3.05, 3.63) is 35.6 Å². The van der Waals surface area contributed by atoms with Crippen LogP contribution in [0.2, 0.25) is 5.02 Å². The number of pyridine rings is 1. The average molecular weight is 251 g/mol. The zero-order valence-electron chi connectivity index (χ0n) is 7.75. The fourth-order valence-corrected chi connectivity index (χ4v) is 0.870. The van der Waals surface area contributed by atoms with Crippen LogP contribution < -0.4 is 5.32 Å². The highest BCUT2D eigenvalue weighted by atomic mass is 35.5. The van der Waals surface area contributed by atoms with Crippen LogP contribution in [0.3, 0.4) is 0 Å². The first-order chi connectivity index (χ1) is 7.39. The second-order valence-corrected chi connectivity index (χ2v) is 3.14. The highest BCUT2D eigenvalue weighted by molar-refractivity contribution is 6.30. The Labute approximate surface area is 93.9 Å². The Morgan fingerprint density at radius 1 is 1.44 bits per heavy atom. The van der Waals surface area contributed by atoms with Gasteiger partial charge >= 0.3 is 6.18 Å². The fraction of sp³-hybridized carbons (Fsp3) is 0.111. The third kappa shape index (κ3) is 3.90. The molecule has 0 saturated heterocycles. The maximum atomic E-state index is 11.8. The van der Waals surface area contributed by atoms with Gasteiger partial charge in [0.2, 0.25) is 0 Å². The Hall–Kier alpha value is -1.56. The number of ketones is 1. The number of nitrogens with zero attached hydrogens (tertiary/aromatic N) is 1. The standard InChI is InChI=1S/C9H6ClF3N2O/c10-6-1-2-8(15-5-6)14-4-3-7(16)9(11,12)13/h1-5H,(H,14,15)/b4-3+. The molecule has 3 nitrogen and oxygen atoms in total. The number of anilines is 1. The van der Waals surface area contributed by atoms with E-state index in [1.807, 2.05) is 0 Å². The third-order valence-electron chi connectivity index (χ3n) is 1.47. The summed E-state index contributed by atoms with van der Waals surface area (Å²) >= 11 is 5.54. The molecule has 0 saturated carbocycles. The topological polar surface area (TPSA) is 42.0 Å². The molecule has 0 aliphatic rings. The number of aromatic nitrogens is 1. The molecule has 1 aromatic heterocycles. The lowest BCUT2D eigenvalue weighted by molar-refractivity contribution is -0.165. The van der Waals surface area contributed by atoms with Gasteiger partial charge in [0.05, 0.1) is 5.02 Å². The summed E-state index contributed by atoms with van der Waals surface area (Å²) in [6, 6.07) is 2.97. The molecule has 0 bridgehead atoms. The molecule has 1 N–H and O–H groups in total. The molecule has 0 radical (unpaired) electrons. The Bertz CT molecular complexity index is 400. The van der Waals surface area contributed by atoms with Gasteiger partial charge in [0.1, 0.15) is 5.82 Å². The number of hydrogen-bond acceptors (Lipinski definition) is 3. The Morgan fingerprint density at radius 3 is 2.62 bits per heavy atom. The van der Waals surface area contributed by atoms with Crippen LogP contribution in [0, 0.1) is 0 Å². The van der Waals surface area contributed by atoms with Crippen LogP contribution in [0.25, 0.3) is 0 Å². The Morgan fingerprint density at radius 2 is 2.12 bits per heavy atom. The lowest BCUT2D eigenvalue weighted by Gasteiger charge is -2.01. The summed E-state index contributed by atoms with van der Waals surface area (Å²) in [7, 11) is 0. The quantitative estimate of drug-likeness (QED) is 0.839. The molecule has 0 spiro atoms. The van der Waals surface area contributed by atoms with Crippen molar-refractivity contribution in [2.75, 3.05) is 5.32 Å². The summed E-state index contributed by atoms with van der Waals surface area (Å²) in [5.74, 6) is -1.65. The molecule has 1 heterocycles. The molecule has 0 fully saturated rings. The van der Waals surface area contributed by atoms with Gasteiger partial charge in [-0.05, 0) is 12.1 Å². The molecule has 7 heteroatoms. The minimum Gasteiger partial charge on any atom is -0.347 e. The van der Waals surface area contributed by atoms with Crippen LogP contribution in [-0.4, -0.2) is 16.9 Å². The van der Waals surface area contributed by atoms with Gasteiger partial charge in [-0.2, -0.15) is 13.2 Å². The van der Waals surface area contributed by atoms with Gasteiger partial charge in [0, 0.05) is 18.5 Å². The Kier molecular flexibility index (Phi) is 3.89. The summed E-state index contributed by atoms with van der Waals surface area (Å²) in [5.41, 5.74) is 0. The average Bonchev–Trinajstić information content (AvgIpc) is 2.19. The van der Waals surface area contributed by atoms with Crippen LogP contribution in [0.4, 0.5) is 19.0 Å². The van der Waals surface area contributed by atoms with Crippen molar-refractivity contribution >= 4 is 23.2 Å². The van der Waals surface area contributed by atoms with Crippen molar-refractivity contribution in [1.29, 1.82) is 0 Å². The van der Waals surface area contributed by atoms with Crippen LogP contribution in [0.5, 0.6) is 0 Å². The van der Waals surface area contributed by atoms with E-state index in [-0.39, 0.29) is 5.82 Å². The number of halogens is 4. The second kappa shape index (κ2) is 4.98. The highest BCUT2D eigenvalue weighted by Gasteiger charge is 2.35. The maximum absolute atomic E-state index is 11.8. The van der Waals surface area contributed by atoms with Gasteiger partial charge in [0.15, 0.2) is 0 Å². The molecule has 1 rings (SSSR count). The van der Waals surface area contributed by atoms with Gasteiger partial charge in [-0.25, -0.2) is 4.98 Å². The lowest BCUT2D eigenvalue weighted by atomic mass is 10.4. The number of rotatable bonds is 3. The van der Waals surface area contributed by atoms with Crippen molar-refractivity contribution in [3.63, 3.8) is 0 Å². The number of hydrogen-bond donors (Lipinski definition) is 1. The summed E-state index contributed by atoms with van der Waals surface area (Å²) < 4.78 is 35.3. The molecule has 0 unspecified atom stereocenters. The van der Waals surface area contributed by atoms with Gasteiger partial charge in [0.25, 0.3) is 5.78 Å². The first-order valence-electron chi connectivity index (χ1n) is 4.05. The van der Waals surface area contributed by atoms with Crippen molar-refractivity contribution in [1.82, 2.24) is 4.98 Å². The van der Waals surface area contributed by atoms with E-state index in [0.29, 0.717) is 11.1 Å². The first kappa shape index (κ1) is 12.5. The largest absolute Gasteiger partial charge is 0.454 e. The zero-order valence-corrected chi connectivity index (χ0v) is 8.51. The minimum atomic E-state index is -4.86. The van der Waals surface area contributed by atoms with Gasteiger partial charge in [-0.1, -0.05) is 11.6 Å². The number of nitrogens with one attached hydrogen (secondary N) is 1. The van der Waals surface area contributed by atoms with Gasteiger partial charge in [-0.15, -0.1) is 0 Å². The van der Waals surface area contributed by atoms with E-state index < -0.39 is 12.0 Å². The molecular weight excluding hydrogens is 245 g/mol. The highest BCUT2D eigenvalue weighted by Crippen LogP contribution is 2.16. The lowest BCUT2D eigenvalue weighted by Crippen LogP contribution is -2.20. The SMILES string of the molecule is O=C(/C=C/Nc1ccc(Cl)cn1)C(F)(F)F. The third-order valence-corrected chi connectivity index (χ3v) is 1.70. The molecule has 0 aromatic carbocycles. The van der Waals surface area contributed by atoms with Crippen LogP contribution in [-0.2, 0) is 4.79 Å². The van der Waals surface area contributed by atoms with E-state index in [2.05, 4.69) is 10.3 Å². The van der Waals surface area contributed by atoms with Crippen molar-refractivity contribution in [2.45, 2.75) is 6.18 Å². The predicted octanol–water partition coefficient (Wildman–Crippen LogP) is 2.79. The van der Waals surface area contributed by atoms with E-state index >= 15 is 0 Å². The summed E-state index contributed by atoms with van der Waals surface area (Å²) in [4.78, 5) is 14.2. The van der Waals surface area contributed by atoms with E-state index in [0.717, 1.165) is 6.20 Å². The van der Waals surface area contributed by atoms with Gasteiger partial charge < -0.3 is 5.32 Å².